The van der Waals surface area contributed by atoms with Crippen LogP contribution in [0.2, 0.25) is 0 Å². The predicted molar refractivity (Wildman–Crippen MR) is 126 cm³/mol. The number of nitrogens with zero attached hydrogens (tertiary/aromatic N) is 1. The Hall–Kier alpha value is -3.59. The van der Waals surface area contributed by atoms with Gasteiger partial charge in [0.1, 0.15) is 23.1 Å². The molecule has 2 amide bonds. The van der Waals surface area contributed by atoms with E-state index in [0.717, 1.165) is 36.4 Å². The Balaban J connectivity index is 1.18. The van der Waals surface area contributed by atoms with Gasteiger partial charge in [0.25, 0.3) is 11.8 Å². The zero-order valence-corrected chi connectivity index (χ0v) is 19.3. The van der Waals surface area contributed by atoms with E-state index in [1.165, 1.54) is 11.3 Å². The average Bonchev–Trinajstić information content (AvgIpc) is 3.54. The topological polar surface area (TPSA) is 98.8 Å². The fourth-order valence-electron chi connectivity index (χ4n) is 4.15. The van der Waals surface area contributed by atoms with Crippen molar-refractivity contribution in [1.82, 2.24) is 15.6 Å². The Kier molecular flexibility index (Phi) is 6.62. The maximum Gasteiger partial charge on any atom is 0.271 e. The smallest absolute Gasteiger partial charge is 0.271 e. The van der Waals surface area contributed by atoms with Gasteiger partial charge in [-0.05, 0) is 43.2 Å². The van der Waals surface area contributed by atoms with Gasteiger partial charge in [0, 0.05) is 23.0 Å². The van der Waals surface area contributed by atoms with Crippen molar-refractivity contribution < 1.29 is 23.8 Å². The van der Waals surface area contributed by atoms with E-state index in [2.05, 4.69) is 15.6 Å². The van der Waals surface area contributed by atoms with Crippen molar-refractivity contribution in [2.24, 2.45) is 0 Å². The van der Waals surface area contributed by atoms with E-state index in [-0.39, 0.29) is 30.7 Å². The van der Waals surface area contributed by atoms with E-state index in [1.54, 1.807) is 23.6 Å². The molecule has 0 spiro atoms. The van der Waals surface area contributed by atoms with Crippen molar-refractivity contribution in [1.29, 1.82) is 0 Å². The molecule has 0 saturated heterocycles. The lowest BCUT2D eigenvalue weighted by atomic mass is 9.90. The Morgan fingerprint density at radius 3 is 2.50 bits per heavy atom. The number of amides is 2. The largest absolute Gasteiger partial charge is 0.486 e. The highest BCUT2D eigenvalue weighted by atomic mass is 32.1. The molecule has 2 heterocycles. The number of hydrogen-bond donors (Lipinski definition) is 2. The molecular formula is C25H25N3O5S. The maximum atomic E-state index is 12.9. The first-order valence-electron chi connectivity index (χ1n) is 11.3. The minimum atomic E-state index is -0.239. The van der Waals surface area contributed by atoms with Crippen molar-refractivity contribution in [2.45, 2.75) is 44.4 Å². The summed E-state index contributed by atoms with van der Waals surface area (Å²) in [7, 11) is 0. The third-order valence-electron chi connectivity index (χ3n) is 5.92. The number of carbonyl (C=O) groups excluding carboxylic acids is 2. The molecule has 0 bridgehead atoms. The van der Waals surface area contributed by atoms with Crippen LogP contribution in [-0.2, 0) is 6.61 Å². The number of nitrogens with one attached hydrogen (secondary N) is 2. The quantitative estimate of drug-likeness (QED) is 0.533. The zero-order valence-electron chi connectivity index (χ0n) is 18.5. The van der Waals surface area contributed by atoms with Crippen molar-refractivity contribution in [3.63, 3.8) is 0 Å². The summed E-state index contributed by atoms with van der Waals surface area (Å²) >= 11 is 1.39. The second-order valence-corrected chi connectivity index (χ2v) is 9.18. The van der Waals surface area contributed by atoms with Crippen LogP contribution in [0.5, 0.6) is 17.2 Å². The van der Waals surface area contributed by atoms with E-state index in [9.17, 15) is 9.59 Å². The summed E-state index contributed by atoms with van der Waals surface area (Å²) < 4.78 is 16.4. The number of carbonyl (C=O) groups is 2. The summed E-state index contributed by atoms with van der Waals surface area (Å²) in [6.45, 7) is 0.466. The van der Waals surface area contributed by atoms with E-state index in [0.29, 0.717) is 29.4 Å². The van der Waals surface area contributed by atoms with Crippen LogP contribution in [0.3, 0.4) is 0 Å². The minimum absolute atomic E-state index is 0.157. The molecule has 2 aromatic carbocycles. The monoisotopic (exact) mass is 479 g/mol. The molecule has 5 rings (SSSR count). The number of rotatable bonds is 7. The first-order chi connectivity index (χ1) is 16.7. The molecule has 2 atom stereocenters. The van der Waals surface area contributed by atoms with Gasteiger partial charge in [0.05, 0.1) is 0 Å². The molecule has 9 heteroatoms. The van der Waals surface area contributed by atoms with Crippen LogP contribution in [0.1, 0.15) is 51.5 Å². The maximum absolute atomic E-state index is 12.9. The van der Waals surface area contributed by atoms with Crippen LogP contribution in [-0.4, -0.2) is 35.7 Å². The molecule has 0 radical (unpaired) electrons. The normalized spacial score (nSPS) is 18.8. The van der Waals surface area contributed by atoms with Crippen molar-refractivity contribution in [3.8, 4) is 17.2 Å². The van der Waals surface area contributed by atoms with E-state index < -0.39 is 0 Å². The molecule has 1 aliphatic carbocycles. The molecule has 2 aliphatic rings. The fraction of sp³-hybridized carbons (Fsp3) is 0.320. The predicted octanol–water partition coefficient (Wildman–Crippen LogP) is 3.92. The molecule has 1 fully saturated rings. The first kappa shape index (κ1) is 22.2. The Bertz CT molecular complexity index is 1170. The molecule has 176 valence electrons. The Labute approximate surface area is 201 Å². The molecule has 1 saturated carbocycles. The highest BCUT2D eigenvalue weighted by Gasteiger charge is 2.29. The third kappa shape index (κ3) is 5.14. The van der Waals surface area contributed by atoms with Crippen LogP contribution in [0.25, 0.3) is 0 Å². The molecule has 1 aliphatic heterocycles. The van der Waals surface area contributed by atoms with Crippen molar-refractivity contribution in [2.75, 3.05) is 6.79 Å². The van der Waals surface area contributed by atoms with Gasteiger partial charge in [-0.15, -0.1) is 11.3 Å². The summed E-state index contributed by atoms with van der Waals surface area (Å²) in [4.78, 5) is 30.2. The van der Waals surface area contributed by atoms with Crippen LogP contribution < -0.4 is 24.8 Å². The summed E-state index contributed by atoms with van der Waals surface area (Å²) in [5, 5.41) is 8.63. The van der Waals surface area contributed by atoms with Gasteiger partial charge in [-0.2, -0.15) is 0 Å². The lowest BCUT2D eigenvalue weighted by Crippen LogP contribution is -2.53. The lowest BCUT2D eigenvalue weighted by Gasteiger charge is -2.32. The van der Waals surface area contributed by atoms with E-state index >= 15 is 0 Å². The van der Waals surface area contributed by atoms with E-state index in [1.807, 2.05) is 30.3 Å². The van der Waals surface area contributed by atoms with Gasteiger partial charge < -0.3 is 24.8 Å². The van der Waals surface area contributed by atoms with Crippen molar-refractivity contribution in [3.05, 3.63) is 70.2 Å². The number of ether oxygens (including phenoxy) is 3. The third-order valence-corrected chi connectivity index (χ3v) is 6.75. The Morgan fingerprint density at radius 2 is 1.71 bits per heavy atom. The molecule has 34 heavy (non-hydrogen) atoms. The second kappa shape index (κ2) is 10.1. The molecule has 3 aromatic rings. The zero-order chi connectivity index (χ0) is 23.3. The standard InChI is InChI=1S/C25H25N3O5S/c29-24(16-10-11-21-22(12-16)33-15-32-21)27-18-8-4-5-9-19(18)28-25(30)20-14-34-23(26-20)13-31-17-6-2-1-3-7-17/h1-3,6-7,10-12,14,18-19H,4-5,8-9,13,15H2,(H,27,29)(H,28,30)/t18-,19+/m1/s1. The summed E-state index contributed by atoms with van der Waals surface area (Å²) in [6, 6.07) is 14.3. The van der Waals surface area contributed by atoms with Crippen molar-refractivity contribution >= 4 is 23.2 Å². The summed E-state index contributed by atoms with van der Waals surface area (Å²) in [5.74, 6) is 1.52. The van der Waals surface area contributed by atoms with Gasteiger partial charge >= 0.3 is 0 Å². The highest BCUT2D eigenvalue weighted by molar-refractivity contribution is 7.09. The van der Waals surface area contributed by atoms with Crippen LogP contribution >= 0.6 is 11.3 Å². The van der Waals surface area contributed by atoms with Crippen LogP contribution in [0.4, 0.5) is 0 Å². The van der Waals surface area contributed by atoms with Crippen LogP contribution in [0, 0.1) is 0 Å². The summed E-state index contributed by atoms with van der Waals surface area (Å²) in [6.07, 6.45) is 3.59. The van der Waals surface area contributed by atoms with Gasteiger partial charge in [-0.3, -0.25) is 9.59 Å². The average molecular weight is 480 g/mol. The Morgan fingerprint density at radius 1 is 0.971 bits per heavy atom. The first-order valence-corrected chi connectivity index (χ1v) is 12.2. The fourth-order valence-corrected chi connectivity index (χ4v) is 4.84. The summed E-state index contributed by atoms with van der Waals surface area (Å²) in [5.41, 5.74) is 0.866. The molecule has 0 unspecified atom stereocenters. The number of benzene rings is 2. The second-order valence-electron chi connectivity index (χ2n) is 8.24. The van der Waals surface area contributed by atoms with Gasteiger partial charge in [0.15, 0.2) is 11.5 Å². The molecule has 1 aromatic heterocycles. The number of fused-ring (bicyclic) bond motifs is 1. The van der Waals surface area contributed by atoms with Gasteiger partial charge in [0.2, 0.25) is 6.79 Å². The van der Waals surface area contributed by atoms with Crippen LogP contribution in [0.15, 0.2) is 53.9 Å². The van der Waals surface area contributed by atoms with Gasteiger partial charge in [-0.25, -0.2) is 4.98 Å². The van der Waals surface area contributed by atoms with E-state index in [4.69, 9.17) is 14.2 Å². The molecule has 2 N–H and O–H groups in total. The highest BCUT2D eigenvalue weighted by Crippen LogP contribution is 2.32. The number of thiazole rings is 1. The number of hydrogen-bond acceptors (Lipinski definition) is 7. The molecular weight excluding hydrogens is 454 g/mol. The lowest BCUT2D eigenvalue weighted by molar-refractivity contribution is 0.0860. The molecule has 8 nitrogen and oxygen atoms in total. The minimum Gasteiger partial charge on any atom is -0.486 e. The van der Waals surface area contributed by atoms with Gasteiger partial charge in [-0.1, -0.05) is 31.0 Å². The number of aromatic nitrogens is 1. The number of para-hydroxylation sites is 1. The SMILES string of the molecule is O=C(N[C@@H]1CCCC[C@@H]1NC(=O)c1csc(COc2ccccc2)n1)c1ccc2c(c1)OCO2.